The minimum Gasteiger partial charge on any atom is -0.497 e. The van der Waals surface area contributed by atoms with Crippen LogP contribution in [0, 0.1) is 5.92 Å². The number of benzene rings is 2. The summed E-state index contributed by atoms with van der Waals surface area (Å²) in [5.74, 6) is 1.13. The number of likely N-dealkylation sites (tertiary alicyclic amines) is 1. The number of aliphatic hydroxyl groups is 1. The number of hydrogen-bond donors (Lipinski definition) is 1. The Labute approximate surface area is 166 Å². The first-order chi connectivity index (χ1) is 13.1. The van der Waals surface area contributed by atoms with Gasteiger partial charge in [0.2, 0.25) is 0 Å². The predicted molar refractivity (Wildman–Crippen MR) is 109 cm³/mol. The maximum absolute atomic E-state index is 11.4. The molecule has 1 N–H and O–H groups in total. The number of hydrogen-bond acceptors (Lipinski definition) is 3. The van der Waals surface area contributed by atoms with Gasteiger partial charge >= 0.3 is 0 Å². The summed E-state index contributed by atoms with van der Waals surface area (Å²) >= 11 is 6.45. The van der Waals surface area contributed by atoms with Gasteiger partial charge in [0.05, 0.1) is 12.7 Å². The molecule has 2 fully saturated rings. The Kier molecular flexibility index (Phi) is 5.45. The number of piperidine rings is 1. The van der Waals surface area contributed by atoms with Gasteiger partial charge in [0, 0.05) is 30.1 Å². The van der Waals surface area contributed by atoms with Crippen molar-refractivity contribution in [3.63, 3.8) is 0 Å². The first-order valence-electron chi connectivity index (χ1n) is 9.94. The van der Waals surface area contributed by atoms with Crippen LogP contribution in [0.5, 0.6) is 5.75 Å². The topological polar surface area (TPSA) is 32.7 Å². The summed E-state index contributed by atoms with van der Waals surface area (Å²) in [4.78, 5) is 2.51. The van der Waals surface area contributed by atoms with E-state index in [1.54, 1.807) is 7.11 Å². The van der Waals surface area contributed by atoms with Crippen molar-refractivity contribution in [2.45, 2.75) is 50.3 Å². The van der Waals surface area contributed by atoms with Crippen molar-refractivity contribution in [2.75, 3.05) is 13.7 Å². The van der Waals surface area contributed by atoms with E-state index in [0.717, 1.165) is 55.1 Å². The number of nitrogens with zero attached hydrogens (tertiary/aromatic N) is 1. The highest BCUT2D eigenvalue weighted by Crippen LogP contribution is 2.49. The SMILES string of the molecule is COc1ccc([C@@H]2[C@H]3CCCC[C@]3(O)CCN2Cc2ccccc2Cl)cc1. The molecule has 3 nitrogen and oxygen atoms in total. The molecule has 4 rings (SSSR count). The van der Waals surface area contributed by atoms with Crippen LogP contribution in [-0.4, -0.2) is 29.3 Å². The van der Waals surface area contributed by atoms with Gasteiger partial charge < -0.3 is 9.84 Å². The van der Waals surface area contributed by atoms with Crippen molar-refractivity contribution in [3.05, 3.63) is 64.7 Å². The molecule has 3 atom stereocenters. The zero-order valence-corrected chi connectivity index (χ0v) is 16.7. The summed E-state index contributed by atoms with van der Waals surface area (Å²) in [6, 6.07) is 16.7. The standard InChI is InChI=1S/C23H28ClNO2/c1-27-19-11-9-17(10-12-19)22-20-7-4-5-13-23(20,26)14-15-25(22)16-18-6-2-3-8-21(18)24/h2-3,6,8-12,20,22,26H,4-5,7,13-16H2,1H3/t20-,22-,23+/m1/s1. The molecule has 0 bridgehead atoms. The molecule has 27 heavy (non-hydrogen) atoms. The highest BCUT2D eigenvalue weighted by molar-refractivity contribution is 6.31. The van der Waals surface area contributed by atoms with Gasteiger partial charge in [-0.2, -0.15) is 0 Å². The lowest BCUT2D eigenvalue weighted by Crippen LogP contribution is -2.54. The van der Waals surface area contributed by atoms with E-state index in [-0.39, 0.29) is 12.0 Å². The predicted octanol–water partition coefficient (Wildman–Crippen LogP) is 5.22. The van der Waals surface area contributed by atoms with E-state index in [2.05, 4.69) is 23.1 Å². The molecular formula is C23H28ClNO2. The van der Waals surface area contributed by atoms with E-state index < -0.39 is 5.60 Å². The van der Waals surface area contributed by atoms with E-state index in [0.29, 0.717) is 0 Å². The van der Waals surface area contributed by atoms with Crippen LogP contribution in [0.1, 0.15) is 49.3 Å². The summed E-state index contributed by atoms with van der Waals surface area (Å²) in [5.41, 5.74) is 1.87. The highest BCUT2D eigenvalue weighted by atomic mass is 35.5. The number of methoxy groups -OCH3 is 1. The van der Waals surface area contributed by atoms with E-state index in [9.17, 15) is 5.11 Å². The third kappa shape index (κ3) is 3.73. The first-order valence-corrected chi connectivity index (χ1v) is 10.3. The lowest BCUT2D eigenvalue weighted by atomic mass is 9.66. The molecule has 2 aromatic carbocycles. The summed E-state index contributed by atoms with van der Waals surface area (Å²) < 4.78 is 5.34. The van der Waals surface area contributed by atoms with E-state index in [4.69, 9.17) is 16.3 Å². The van der Waals surface area contributed by atoms with Gasteiger partial charge in [-0.1, -0.05) is 54.8 Å². The van der Waals surface area contributed by atoms with Crippen LogP contribution in [0.3, 0.4) is 0 Å². The fraction of sp³-hybridized carbons (Fsp3) is 0.478. The van der Waals surface area contributed by atoms with Gasteiger partial charge in [-0.3, -0.25) is 4.90 Å². The number of rotatable bonds is 4. The van der Waals surface area contributed by atoms with Crippen molar-refractivity contribution in [3.8, 4) is 5.75 Å². The molecule has 4 heteroatoms. The van der Waals surface area contributed by atoms with Crippen molar-refractivity contribution < 1.29 is 9.84 Å². The van der Waals surface area contributed by atoms with E-state index >= 15 is 0 Å². The molecule has 1 aliphatic carbocycles. The summed E-state index contributed by atoms with van der Waals surface area (Å²) in [6.45, 7) is 1.69. The van der Waals surface area contributed by atoms with Gasteiger partial charge in [-0.05, 0) is 48.6 Å². The molecule has 0 unspecified atom stereocenters. The Morgan fingerprint density at radius 1 is 1.11 bits per heavy atom. The van der Waals surface area contributed by atoms with Crippen LogP contribution in [0.2, 0.25) is 5.02 Å². The quantitative estimate of drug-likeness (QED) is 0.783. The lowest BCUT2D eigenvalue weighted by Gasteiger charge is -2.53. The van der Waals surface area contributed by atoms with Crippen molar-refractivity contribution in [1.82, 2.24) is 4.90 Å². The number of fused-ring (bicyclic) bond motifs is 1. The summed E-state index contributed by atoms with van der Waals surface area (Å²) in [5, 5.41) is 12.2. The van der Waals surface area contributed by atoms with E-state index in [1.807, 2.05) is 30.3 Å². The first kappa shape index (κ1) is 18.8. The Morgan fingerprint density at radius 2 is 1.89 bits per heavy atom. The van der Waals surface area contributed by atoms with Crippen molar-refractivity contribution in [1.29, 1.82) is 0 Å². The molecule has 1 aliphatic heterocycles. The molecule has 0 spiro atoms. The Morgan fingerprint density at radius 3 is 2.63 bits per heavy atom. The molecule has 0 radical (unpaired) electrons. The van der Waals surface area contributed by atoms with Crippen molar-refractivity contribution >= 4 is 11.6 Å². The number of halogens is 1. The monoisotopic (exact) mass is 385 g/mol. The zero-order chi connectivity index (χ0) is 18.9. The third-order valence-corrected chi connectivity index (χ3v) is 6.83. The molecule has 0 amide bonds. The third-order valence-electron chi connectivity index (χ3n) is 6.46. The highest BCUT2D eigenvalue weighted by Gasteiger charge is 2.48. The van der Waals surface area contributed by atoms with Crippen molar-refractivity contribution in [2.24, 2.45) is 5.92 Å². The molecule has 2 aromatic rings. The van der Waals surface area contributed by atoms with Gasteiger partial charge in [0.1, 0.15) is 5.75 Å². The van der Waals surface area contributed by atoms with Crippen LogP contribution >= 0.6 is 11.6 Å². The molecule has 0 aromatic heterocycles. The van der Waals surface area contributed by atoms with Gasteiger partial charge in [-0.25, -0.2) is 0 Å². The van der Waals surface area contributed by atoms with Crippen LogP contribution in [0.25, 0.3) is 0 Å². The molecule has 1 saturated heterocycles. The second-order valence-electron chi connectivity index (χ2n) is 7.99. The average molecular weight is 386 g/mol. The molecule has 1 heterocycles. The molecule has 144 valence electrons. The number of ether oxygens (including phenoxy) is 1. The average Bonchev–Trinajstić information content (AvgIpc) is 2.70. The van der Waals surface area contributed by atoms with Crippen LogP contribution in [0.15, 0.2) is 48.5 Å². The molecular weight excluding hydrogens is 358 g/mol. The van der Waals surface area contributed by atoms with Crippen LogP contribution < -0.4 is 4.74 Å². The summed E-state index contributed by atoms with van der Waals surface area (Å²) in [6.07, 6.45) is 5.16. The minimum atomic E-state index is -0.542. The second-order valence-corrected chi connectivity index (χ2v) is 8.39. The van der Waals surface area contributed by atoms with Crippen LogP contribution in [-0.2, 0) is 6.54 Å². The Hall–Kier alpha value is -1.55. The zero-order valence-electron chi connectivity index (χ0n) is 15.9. The maximum atomic E-state index is 11.4. The lowest BCUT2D eigenvalue weighted by molar-refractivity contribution is -0.126. The largest absolute Gasteiger partial charge is 0.497 e. The van der Waals surface area contributed by atoms with Gasteiger partial charge in [-0.15, -0.1) is 0 Å². The fourth-order valence-electron chi connectivity index (χ4n) is 5.01. The van der Waals surface area contributed by atoms with E-state index in [1.165, 1.54) is 12.0 Å². The maximum Gasteiger partial charge on any atom is 0.118 e. The minimum absolute atomic E-state index is 0.200. The second kappa shape index (κ2) is 7.83. The fourth-order valence-corrected chi connectivity index (χ4v) is 5.20. The molecule has 2 aliphatic rings. The van der Waals surface area contributed by atoms with Gasteiger partial charge in [0.15, 0.2) is 0 Å². The molecule has 1 saturated carbocycles. The van der Waals surface area contributed by atoms with Crippen LogP contribution in [0.4, 0.5) is 0 Å². The van der Waals surface area contributed by atoms with Gasteiger partial charge in [0.25, 0.3) is 0 Å². The smallest absolute Gasteiger partial charge is 0.118 e. The summed E-state index contributed by atoms with van der Waals surface area (Å²) in [7, 11) is 1.69. The Bertz CT molecular complexity index is 778. The normalized spacial score (nSPS) is 28.6. The Balaban J connectivity index is 1.69.